The van der Waals surface area contributed by atoms with Gasteiger partial charge in [0, 0.05) is 0 Å². The molecular weight excluding hydrogens is 188 g/mol. The molecule has 0 atom stereocenters. The van der Waals surface area contributed by atoms with Gasteiger partial charge in [-0.05, 0) is 24.1 Å². The van der Waals surface area contributed by atoms with E-state index in [-0.39, 0.29) is 0 Å². The molecule has 1 aromatic rings. The van der Waals surface area contributed by atoms with Gasteiger partial charge < -0.3 is 9.47 Å². The first kappa shape index (κ1) is 10.1. The smallest absolute Gasteiger partial charge is 0.231 e. The van der Waals surface area contributed by atoms with E-state index in [2.05, 4.69) is 25.1 Å². The highest BCUT2D eigenvalue weighted by Gasteiger charge is 2.11. The van der Waals surface area contributed by atoms with Gasteiger partial charge in [0.15, 0.2) is 11.5 Å². The highest BCUT2D eigenvalue weighted by molar-refractivity contribution is 5.56. The maximum absolute atomic E-state index is 5.31. The van der Waals surface area contributed by atoms with Crippen LogP contribution in [0.25, 0.3) is 6.08 Å². The zero-order valence-corrected chi connectivity index (χ0v) is 9.03. The molecule has 1 aliphatic rings. The quantitative estimate of drug-likeness (QED) is 0.697. The van der Waals surface area contributed by atoms with Crippen LogP contribution in [0.1, 0.15) is 31.7 Å². The van der Waals surface area contributed by atoms with Gasteiger partial charge in [-0.3, -0.25) is 0 Å². The van der Waals surface area contributed by atoms with E-state index in [1.54, 1.807) is 0 Å². The maximum atomic E-state index is 5.31. The second-order valence-electron chi connectivity index (χ2n) is 3.66. The topological polar surface area (TPSA) is 18.5 Å². The summed E-state index contributed by atoms with van der Waals surface area (Å²) in [6.07, 6.45) is 7.98. The van der Waals surface area contributed by atoms with Gasteiger partial charge in [-0.15, -0.1) is 0 Å². The SMILES string of the molecule is CCCCC=Cc1ccc2c(c1)OCO2. The van der Waals surface area contributed by atoms with E-state index in [1.165, 1.54) is 18.4 Å². The van der Waals surface area contributed by atoms with Crippen molar-refractivity contribution < 1.29 is 9.47 Å². The first-order valence-corrected chi connectivity index (χ1v) is 5.46. The molecule has 0 unspecified atom stereocenters. The van der Waals surface area contributed by atoms with Crippen LogP contribution in [0.5, 0.6) is 11.5 Å². The molecule has 1 aromatic carbocycles. The summed E-state index contributed by atoms with van der Waals surface area (Å²) in [4.78, 5) is 0. The van der Waals surface area contributed by atoms with Gasteiger partial charge in [0.25, 0.3) is 0 Å². The maximum Gasteiger partial charge on any atom is 0.231 e. The van der Waals surface area contributed by atoms with Crippen LogP contribution in [0.3, 0.4) is 0 Å². The van der Waals surface area contributed by atoms with Gasteiger partial charge in [-0.25, -0.2) is 0 Å². The van der Waals surface area contributed by atoms with E-state index in [9.17, 15) is 0 Å². The van der Waals surface area contributed by atoms with E-state index in [0.29, 0.717) is 6.79 Å². The lowest BCUT2D eigenvalue weighted by molar-refractivity contribution is 0.174. The number of fused-ring (bicyclic) bond motifs is 1. The van der Waals surface area contributed by atoms with Gasteiger partial charge >= 0.3 is 0 Å². The summed E-state index contributed by atoms with van der Waals surface area (Å²) >= 11 is 0. The lowest BCUT2D eigenvalue weighted by Crippen LogP contribution is -1.92. The normalized spacial score (nSPS) is 13.7. The first-order chi connectivity index (χ1) is 7.40. The molecule has 0 amide bonds. The van der Waals surface area contributed by atoms with E-state index < -0.39 is 0 Å². The molecule has 2 heteroatoms. The zero-order valence-electron chi connectivity index (χ0n) is 9.03. The van der Waals surface area contributed by atoms with Crippen molar-refractivity contribution >= 4 is 6.08 Å². The molecule has 0 radical (unpaired) electrons. The van der Waals surface area contributed by atoms with Crippen molar-refractivity contribution in [1.29, 1.82) is 0 Å². The summed E-state index contributed by atoms with van der Waals surface area (Å²) in [5.74, 6) is 1.70. The van der Waals surface area contributed by atoms with Crippen LogP contribution in [0.4, 0.5) is 0 Å². The van der Waals surface area contributed by atoms with Crippen molar-refractivity contribution in [2.75, 3.05) is 6.79 Å². The molecule has 0 aliphatic carbocycles. The van der Waals surface area contributed by atoms with E-state index >= 15 is 0 Å². The standard InChI is InChI=1S/C13H16O2/c1-2-3-4-5-6-11-7-8-12-13(9-11)15-10-14-12/h5-9H,2-4,10H2,1H3. The minimum atomic E-state index is 0.346. The fourth-order valence-corrected chi connectivity index (χ4v) is 1.56. The van der Waals surface area contributed by atoms with Gasteiger partial charge in [0.05, 0.1) is 0 Å². The molecular formula is C13H16O2. The monoisotopic (exact) mass is 204 g/mol. The molecule has 0 fully saturated rings. The molecule has 0 saturated carbocycles. The molecule has 0 saturated heterocycles. The summed E-state index contributed by atoms with van der Waals surface area (Å²) in [6.45, 7) is 2.55. The summed E-state index contributed by atoms with van der Waals surface area (Å²) in [7, 11) is 0. The molecule has 1 heterocycles. The summed E-state index contributed by atoms with van der Waals surface area (Å²) in [5.41, 5.74) is 1.18. The number of benzene rings is 1. The number of allylic oxidation sites excluding steroid dienone is 1. The van der Waals surface area contributed by atoms with Crippen molar-refractivity contribution in [3.63, 3.8) is 0 Å². The van der Waals surface area contributed by atoms with Crippen molar-refractivity contribution in [3.05, 3.63) is 29.8 Å². The van der Waals surface area contributed by atoms with Crippen molar-refractivity contribution in [1.82, 2.24) is 0 Å². The molecule has 15 heavy (non-hydrogen) atoms. The molecule has 2 rings (SSSR count). The predicted molar refractivity (Wildman–Crippen MR) is 61.1 cm³/mol. The van der Waals surface area contributed by atoms with E-state index in [4.69, 9.17) is 9.47 Å². The lowest BCUT2D eigenvalue weighted by atomic mass is 10.1. The third kappa shape index (κ3) is 2.52. The Morgan fingerprint density at radius 2 is 2.13 bits per heavy atom. The van der Waals surface area contributed by atoms with Crippen LogP contribution in [-0.2, 0) is 0 Å². The second-order valence-corrected chi connectivity index (χ2v) is 3.66. The second kappa shape index (κ2) is 4.87. The fourth-order valence-electron chi connectivity index (χ4n) is 1.56. The first-order valence-electron chi connectivity index (χ1n) is 5.46. The molecule has 0 aromatic heterocycles. The minimum Gasteiger partial charge on any atom is -0.454 e. The van der Waals surface area contributed by atoms with Crippen molar-refractivity contribution in [3.8, 4) is 11.5 Å². The van der Waals surface area contributed by atoms with E-state index in [0.717, 1.165) is 17.9 Å². The van der Waals surface area contributed by atoms with Gasteiger partial charge in [0.2, 0.25) is 6.79 Å². The third-order valence-corrected chi connectivity index (χ3v) is 2.43. The highest BCUT2D eigenvalue weighted by Crippen LogP contribution is 2.32. The average molecular weight is 204 g/mol. The van der Waals surface area contributed by atoms with Crippen molar-refractivity contribution in [2.45, 2.75) is 26.2 Å². The lowest BCUT2D eigenvalue weighted by Gasteiger charge is -1.97. The van der Waals surface area contributed by atoms with Gasteiger partial charge in [-0.2, -0.15) is 0 Å². The number of hydrogen-bond donors (Lipinski definition) is 0. The zero-order chi connectivity index (χ0) is 10.5. The van der Waals surface area contributed by atoms with Crippen LogP contribution in [-0.4, -0.2) is 6.79 Å². The Kier molecular flexibility index (Phi) is 3.28. The minimum absolute atomic E-state index is 0.346. The molecule has 80 valence electrons. The summed E-state index contributed by atoms with van der Waals surface area (Å²) < 4.78 is 10.6. The average Bonchev–Trinajstić information content (AvgIpc) is 2.71. The number of hydrogen-bond acceptors (Lipinski definition) is 2. The van der Waals surface area contributed by atoms with Crippen LogP contribution in [0.2, 0.25) is 0 Å². The number of unbranched alkanes of at least 4 members (excludes halogenated alkanes) is 2. The Morgan fingerprint density at radius 1 is 1.27 bits per heavy atom. The largest absolute Gasteiger partial charge is 0.454 e. The van der Waals surface area contributed by atoms with Gasteiger partial charge in [-0.1, -0.05) is 38.0 Å². The Morgan fingerprint density at radius 3 is 3.00 bits per heavy atom. The number of rotatable bonds is 4. The summed E-state index contributed by atoms with van der Waals surface area (Å²) in [6, 6.07) is 6.03. The Hall–Kier alpha value is -1.44. The summed E-state index contributed by atoms with van der Waals surface area (Å²) in [5, 5.41) is 0. The van der Waals surface area contributed by atoms with Gasteiger partial charge in [0.1, 0.15) is 0 Å². The molecule has 0 bridgehead atoms. The molecule has 0 spiro atoms. The third-order valence-electron chi connectivity index (χ3n) is 2.43. The number of ether oxygens (including phenoxy) is 2. The van der Waals surface area contributed by atoms with Crippen LogP contribution in [0, 0.1) is 0 Å². The van der Waals surface area contributed by atoms with Crippen LogP contribution >= 0.6 is 0 Å². The van der Waals surface area contributed by atoms with Crippen LogP contribution in [0.15, 0.2) is 24.3 Å². The highest BCUT2D eigenvalue weighted by atomic mass is 16.7. The molecule has 0 N–H and O–H groups in total. The van der Waals surface area contributed by atoms with Crippen LogP contribution < -0.4 is 9.47 Å². The fraction of sp³-hybridized carbons (Fsp3) is 0.385. The molecule has 2 nitrogen and oxygen atoms in total. The Bertz CT molecular complexity index is 356. The Labute approximate surface area is 90.5 Å². The predicted octanol–water partition coefficient (Wildman–Crippen LogP) is 3.62. The van der Waals surface area contributed by atoms with Crippen molar-refractivity contribution in [2.24, 2.45) is 0 Å². The molecule has 1 aliphatic heterocycles. The van der Waals surface area contributed by atoms with E-state index in [1.807, 2.05) is 12.1 Å². The Balaban J connectivity index is 2.00.